The zero-order valence-corrected chi connectivity index (χ0v) is 8.08. The van der Waals surface area contributed by atoms with Gasteiger partial charge in [0.1, 0.15) is 0 Å². The molecule has 0 aromatic carbocycles. The number of hydrogen-bond acceptors (Lipinski definition) is 2. The van der Waals surface area contributed by atoms with Crippen molar-refractivity contribution in [2.24, 2.45) is 5.41 Å². The van der Waals surface area contributed by atoms with Gasteiger partial charge in [-0.15, -0.1) is 6.58 Å². The van der Waals surface area contributed by atoms with Gasteiger partial charge in [0.25, 0.3) is 0 Å². The van der Waals surface area contributed by atoms with E-state index >= 15 is 0 Å². The van der Waals surface area contributed by atoms with Crippen molar-refractivity contribution in [3.05, 3.63) is 12.7 Å². The Bertz CT molecular complexity index is 169. The van der Waals surface area contributed by atoms with Crippen LogP contribution in [0.4, 0.5) is 0 Å². The van der Waals surface area contributed by atoms with Gasteiger partial charge in [-0.05, 0) is 19.9 Å². The zero-order chi connectivity index (χ0) is 9.19. The van der Waals surface area contributed by atoms with E-state index in [1.165, 1.54) is 0 Å². The average Bonchev–Trinajstić information content (AvgIpc) is 1.98. The van der Waals surface area contributed by atoms with Crippen molar-refractivity contribution in [2.75, 3.05) is 20.1 Å². The van der Waals surface area contributed by atoms with E-state index in [9.17, 15) is 5.11 Å². The predicted molar refractivity (Wildman–Crippen MR) is 51.0 cm³/mol. The molecule has 2 unspecified atom stereocenters. The van der Waals surface area contributed by atoms with E-state index in [2.05, 4.69) is 25.5 Å². The van der Waals surface area contributed by atoms with Gasteiger partial charge in [-0.2, -0.15) is 0 Å². The topological polar surface area (TPSA) is 23.5 Å². The van der Waals surface area contributed by atoms with E-state index in [1.54, 1.807) is 0 Å². The Morgan fingerprint density at radius 3 is 3.00 bits per heavy atom. The summed E-state index contributed by atoms with van der Waals surface area (Å²) in [4.78, 5) is 2.27. The summed E-state index contributed by atoms with van der Waals surface area (Å²) in [5.74, 6) is 0. The second-order valence-electron chi connectivity index (χ2n) is 4.19. The molecule has 0 aromatic heterocycles. The highest BCUT2D eigenvalue weighted by molar-refractivity contribution is 4.93. The van der Waals surface area contributed by atoms with Crippen LogP contribution >= 0.6 is 0 Å². The van der Waals surface area contributed by atoms with Crippen molar-refractivity contribution >= 4 is 0 Å². The lowest BCUT2D eigenvalue weighted by Gasteiger charge is -2.42. The highest BCUT2D eigenvalue weighted by Crippen LogP contribution is 2.32. The average molecular weight is 169 g/mol. The van der Waals surface area contributed by atoms with Crippen LogP contribution in [0.2, 0.25) is 0 Å². The molecule has 1 N–H and O–H groups in total. The minimum atomic E-state index is -0.160. The van der Waals surface area contributed by atoms with Crippen LogP contribution in [0.1, 0.15) is 19.8 Å². The van der Waals surface area contributed by atoms with Crippen LogP contribution in [-0.4, -0.2) is 36.2 Å². The van der Waals surface area contributed by atoms with E-state index in [1.807, 2.05) is 6.08 Å². The first kappa shape index (κ1) is 9.75. The number of piperidine rings is 1. The Labute approximate surface area is 74.9 Å². The van der Waals surface area contributed by atoms with Crippen molar-refractivity contribution in [1.29, 1.82) is 0 Å². The Morgan fingerprint density at radius 2 is 2.42 bits per heavy atom. The molecule has 0 aromatic rings. The molecule has 0 saturated carbocycles. The van der Waals surface area contributed by atoms with Crippen LogP contribution < -0.4 is 0 Å². The molecule has 0 amide bonds. The van der Waals surface area contributed by atoms with Gasteiger partial charge in [0.05, 0.1) is 6.10 Å². The molecule has 2 atom stereocenters. The Morgan fingerprint density at radius 1 is 1.75 bits per heavy atom. The van der Waals surface area contributed by atoms with Gasteiger partial charge in [-0.25, -0.2) is 0 Å². The smallest absolute Gasteiger partial charge is 0.0621 e. The Kier molecular flexibility index (Phi) is 2.91. The molecule has 1 heterocycles. The van der Waals surface area contributed by atoms with Crippen LogP contribution in [0.5, 0.6) is 0 Å². The summed E-state index contributed by atoms with van der Waals surface area (Å²) >= 11 is 0. The second-order valence-corrected chi connectivity index (χ2v) is 4.19. The molecule has 70 valence electrons. The summed E-state index contributed by atoms with van der Waals surface area (Å²) < 4.78 is 0. The van der Waals surface area contributed by atoms with Crippen molar-refractivity contribution in [3.8, 4) is 0 Å². The first-order chi connectivity index (χ1) is 5.58. The molecule has 0 radical (unpaired) electrons. The summed E-state index contributed by atoms with van der Waals surface area (Å²) in [6, 6.07) is 0. The van der Waals surface area contributed by atoms with Crippen LogP contribution in [0, 0.1) is 5.41 Å². The summed E-state index contributed by atoms with van der Waals surface area (Å²) in [6.45, 7) is 7.84. The van der Waals surface area contributed by atoms with E-state index < -0.39 is 0 Å². The summed E-state index contributed by atoms with van der Waals surface area (Å²) in [7, 11) is 2.10. The van der Waals surface area contributed by atoms with Crippen LogP contribution in [0.15, 0.2) is 12.7 Å². The Hall–Kier alpha value is -0.340. The lowest BCUT2D eigenvalue weighted by atomic mass is 9.77. The number of nitrogens with zero attached hydrogens (tertiary/aromatic N) is 1. The van der Waals surface area contributed by atoms with Gasteiger partial charge in [-0.3, -0.25) is 0 Å². The van der Waals surface area contributed by atoms with E-state index in [0.29, 0.717) is 0 Å². The monoisotopic (exact) mass is 169 g/mol. The second kappa shape index (κ2) is 3.58. The maximum atomic E-state index is 9.80. The molecule has 1 saturated heterocycles. The lowest BCUT2D eigenvalue weighted by molar-refractivity contribution is -0.0259. The number of aliphatic hydroxyl groups is 1. The predicted octanol–water partition coefficient (Wildman–Crippen LogP) is 1.27. The summed E-state index contributed by atoms with van der Waals surface area (Å²) in [5, 5.41) is 9.80. The summed E-state index contributed by atoms with van der Waals surface area (Å²) in [5.41, 5.74) is 0.0226. The highest BCUT2D eigenvalue weighted by Gasteiger charge is 2.36. The van der Waals surface area contributed by atoms with E-state index in [0.717, 1.165) is 25.9 Å². The van der Waals surface area contributed by atoms with Gasteiger partial charge >= 0.3 is 0 Å². The zero-order valence-electron chi connectivity index (χ0n) is 8.08. The molecule has 2 heteroatoms. The quantitative estimate of drug-likeness (QED) is 0.629. The van der Waals surface area contributed by atoms with Crippen LogP contribution in [-0.2, 0) is 0 Å². The van der Waals surface area contributed by atoms with Gasteiger partial charge in [0.2, 0.25) is 0 Å². The van der Waals surface area contributed by atoms with E-state index in [-0.39, 0.29) is 11.5 Å². The molecule has 0 bridgehead atoms. The number of rotatable bonds is 2. The SMILES string of the molecule is C=CCC1(C)CN(C)CCC1O. The minimum Gasteiger partial charge on any atom is -0.392 e. The molecule has 0 spiro atoms. The van der Waals surface area contributed by atoms with Gasteiger partial charge in [-0.1, -0.05) is 13.0 Å². The van der Waals surface area contributed by atoms with Crippen LogP contribution in [0.25, 0.3) is 0 Å². The fourth-order valence-electron chi connectivity index (χ4n) is 2.02. The fraction of sp³-hybridized carbons (Fsp3) is 0.800. The van der Waals surface area contributed by atoms with Crippen LogP contribution in [0.3, 0.4) is 0 Å². The molecule has 1 rings (SSSR count). The highest BCUT2D eigenvalue weighted by atomic mass is 16.3. The number of likely N-dealkylation sites (tertiary alicyclic amines) is 1. The molecule has 1 aliphatic rings. The lowest BCUT2D eigenvalue weighted by Crippen LogP contribution is -2.48. The third-order valence-corrected chi connectivity index (χ3v) is 2.83. The molecule has 2 nitrogen and oxygen atoms in total. The molecule has 0 aliphatic carbocycles. The largest absolute Gasteiger partial charge is 0.392 e. The van der Waals surface area contributed by atoms with E-state index in [4.69, 9.17) is 0 Å². The maximum Gasteiger partial charge on any atom is 0.0621 e. The van der Waals surface area contributed by atoms with Crippen molar-refractivity contribution in [1.82, 2.24) is 4.90 Å². The summed E-state index contributed by atoms with van der Waals surface area (Å²) in [6.07, 6.45) is 3.54. The Balaban J connectivity index is 2.63. The van der Waals surface area contributed by atoms with Crippen molar-refractivity contribution in [3.63, 3.8) is 0 Å². The van der Waals surface area contributed by atoms with Gasteiger partial charge in [0.15, 0.2) is 0 Å². The first-order valence-electron chi connectivity index (χ1n) is 4.56. The number of allylic oxidation sites excluding steroid dienone is 1. The number of aliphatic hydroxyl groups excluding tert-OH is 1. The maximum absolute atomic E-state index is 9.80. The van der Waals surface area contributed by atoms with Gasteiger partial charge < -0.3 is 10.0 Å². The van der Waals surface area contributed by atoms with Crippen molar-refractivity contribution in [2.45, 2.75) is 25.9 Å². The third-order valence-electron chi connectivity index (χ3n) is 2.83. The van der Waals surface area contributed by atoms with Gasteiger partial charge in [0, 0.05) is 18.5 Å². The normalized spacial score (nSPS) is 38.1. The molecule has 1 fully saturated rings. The molecular formula is C10H19NO. The minimum absolute atomic E-state index is 0.0226. The van der Waals surface area contributed by atoms with Crippen molar-refractivity contribution < 1.29 is 5.11 Å². The molecule has 1 aliphatic heterocycles. The third kappa shape index (κ3) is 1.87. The number of hydrogen-bond donors (Lipinski definition) is 1. The molecule has 12 heavy (non-hydrogen) atoms. The fourth-order valence-corrected chi connectivity index (χ4v) is 2.02. The molecular weight excluding hydrogens is 150 g/mol. The first-order valence-corrected chi connectivity index (χ1v) is 4.56. The standard InChI is InChI=1S/C10H19NO/c1-4-6-10(2)8-11(3)7-5-9(10)12/h4,9,12H,1,5-8H2,2-3H3.